The minimum atomic E-state index is -2.59. The van der Waals surface area contributed by atoms with Gasteiger partial charge >= 0.3 is 14.8 Å². The van der Waals surface area contributed by atoms with Gasteiger partial charge in [-0.2, -0.15) is 0 Å². The van der Waals surface area contributed by atoms with Crippen LogP contribution in [0.1, 0.15) is 27.2 Å². The number of hydrogen-bond donors (Lipinski definition) is 1. The summed E-state index contributed by atoms with van der Waals surface area (Å²) >= 11 is 0. The third-order valence-corrected chi connectivity index (χ3v) is 7.16. The molecule has 0 aromatic rings. The molecule has 0 saturated carbocycles. The average Bonchev–Trinajstić information content (AvgIpc) is 2.59. The first kappa shape index (κ1) is 28.1. The second-order valence-corrected chi connectivity index (χ2v) is 14.6. The van der Waals surface area contributed by atoms with Crippen LogP contribution in [-0.2, 0) is 27.3 Å². The first-order valence-electron chi connectivity index (χ1n) is 8.81. The monoisotopic (exact) mass is 420 g/mol. The molecule has 0 radical (unpaired) electrons. The fourth-order valence-corrected chi connectivity index (χ4v) is 3.88. The van der Waals surface area contributed by atoms with E-state index >= 15 is 0 Å². The van der Waals surface area contributed by atoms with E-state index in [1.54, 1.807) is 19.9 Å². The molecular formula is C18H36O7Si2. The molecule has 0 aliphatic heterocycles. The molecule has 7 nitrogen and oxygen atoms in total. The van der Waals surface area contributed by atoms with Gasteiger partial charge in [-0.3, -0.25) is 4.79 Å². The molecule has 0 aromatic carbocycles. The lowest BCUT2D eigenvalue weighted by Crippen LogP contribution is -2.44. The summed E-state index contributed by atoms with van der Waals surface area (Å²) in [6.45, 7) is 15.6. The molecule has 0 aliphatic carbocycles. The van der Waals surface area contributed by atoms with E-state index in [9.17, 15) is 9.59 Å². The SMILES string of the molecule is C=C(C)C(=O)CO[Si](CC)(OC)OC.CC(=CCCO[Si](C)(C)C)C(=O)O. The highest BCUT2D eigenvalue weighted by Gasteiger charge is 2.37. The molecule has 0 aliphatic rings. The number of hydrogen-bond acceptors (Lipinski definition) is 6. The van der Waals surface area contributed by atoms with Crippen LogP contribution in [0.25, 0.3) is 0 Å². The van der Waals surface area contributed by atoms with E-state index in [2.05, 4.69) is 26.2 Å². The summed E-state index contributed by atoms with van der Waals surface area (Å²) < 4.78 is 21.3. The number of aliphatic carboxylic acids is 1. The van der Waals surface area contributed by atoms with Gasteiger partial charge in [-0.25, -0.2) is 4.79 Å². The summed E-state index contributed by atoms with van der Waals surface area (Å²) in [5.41, 5.74) is 0.871. The fraction of sp³-hybridized carbons (Fsp3) is 0.667. The molecule has 27 heavy (non-hydrogen) atoms. The topological polar surface area (TPSA) is 91.3 Å². The van der Waals surface area contributed by atoms with E-state index in [4.69, 9.17) is 22.8 Å². The summed E-state index contributed by atoms with van der Waals surface area (Å²) in [6, 6.07) is 0.642. The molecule has 1 N–H and O–H groups in total. The summed E-state index contributed by atoms with van der Waals surface area (Å²) in [6.07, 6.45) is 2.38. The molecule has 0 amide bonds. The molecule has 0 heterocycles. The Morgan fingerprint density at radius 2 is 1.59 bits per heavy atom. The lowest BCUT2D eigenvalue weighted by Gasteiger charge is -2.24. The largest absolute Gasteiger partial charge is 0.500 e. The zero-order valence-corrected chi connectivity index (χ0v) is 20.0. The Morgan fingerprint density at radius 1 is 1.07 bits per heavy atom. The Bertz CT molecular complexity index is 498. The van der Waals surface area contributed by atoms with Crippen LogP contribution >= 0.6 is 0 Å². The van der Waals surface area contributed by atoms with Gasteiger partial charge in [0.2, 0.25) is 0 Å². The normalized spacial score (nSPS) is 12.2. The predicted molar refractivity (Wildman–Crippen MR) is 111 cm³/mol. The maximum atomic E-state index is 11.2. The highest BCUT2D eigenvalue weighted by atomic mass is 28.4. The Kier molecular flexibility index (Phi) is 14.5. The second kappa shape index (κ2) is 14.0. The Balaban J connectivity index is 0. The standard InChI is InChI=1S/C9H18O4Si.C9H18O3Si/c1-6-14(11-4,12-5)13-7-9(10)8(2)3;1-8(9(10)11)6-5-7-12-13(2,3)4/h2,6-7H2,1,3-5H3;6H,5,7H2,1-4H3,(H,10,11). The molecule has 0 aromatic heterocycles. The van der Waals surface area contributed by atoms with Crippen molar-refractivity contribution in [2.24, 2.45) is 0 Å². The molecule has 0 rings (SSSR count). The van der Waals surface area contributed by atoms with Gasteiger partial charge in [-0.1, -0.05) is 19.6 Å². The third-order valence-electron chi connectivity index (χ3n) is 3.39. The summed E-state index contributed by atoms with van der Waals surface area (Å²) in [5, 5.41) is 8.54. The van der Waals surface area contributed by atoms with Crippen molar-refractivity contribution in [1.29, 1.82) is 0 Å². The van der Waals surface area contributed by atoms with E-state index in [-0.39, 0.29) is 12.4 Å². The number of carbonyl (C=O) groups is 2. The number of carboxylic acid groups (broad SMARTS) is 1. The average molecular weight is 421 g/mol. The first-order chi connectivity index (χ1) is 12.3. The highest BCUT2D eigenvalue weighted by molar-refractivity contribution is 6.69. The van der Waals surface area contributed by atoms with E-state index < -0.39 is 23.1 Å². The minimum absolute atomic E-state index is 0.0168. The molecular weight excluding hydrogens is 384 g/mol. The van der Waals surface area contributed by atoms with E-state index in [1.165, 1.54) is 14.2 Å². The van der Waals surface area contributed by atoms with Gasteiger partial charge in [-0.05, 0) is 45.5 Å². The number of ketones is 1. The molecule has 0 bridgehead atoms. The van der Waals surface area contributed by atoms with Crippen LogP contribution in [0, 0.1) is 0 Å². The van der Waals surface area contributed by atoms with Crippen molar-refractivity contribution in [1.82, 2.24) is 0 Å². The van der Waals surface area contributed by atoms with Gasteiger partial charge in [0.05, 0.1) is 0 Å². The predicted octanol–water partition coefficient (Wildman–Crippen LogP) is 3.66. The number of carbonyl (C=O) groups excluding carboxylic acids is 1. The van der Waals surface area contributed by atoms with Crippen LogP contribution in [0.15, 0.2) is 23.8 Å². The van der Waals surface area contributed by atoms with Crippen molar-refractivity contribution in [3.05, 3.63) is 23.8 Å². The zero-order chi connectivity index (χ0) is 21.7. The smallest absolute Gasteiger partial charge is 0.478 e. The van der Waals surface area contributed by atoms with Crippen LogP contribution in [0.5, 0.6) is 0 Å². The first-order valence-corrected chi connectivity index (χ1v) is 14.1. The van der Waals surface area contributed by atoms with Crippen molar-refractivity contribution in [3.8, 4) is 0 Å². The summed E-state index contributed by atoms with van der Waals surface area (Å²) in [5.74, 6) is -0.975. The second-order valence-electron chi connectivity index (χ2n) is 6.88. The van der Waals surface area contributed by atoms with Crippen LogP contribution in [0.4, 0.5) is 0 Å². The minimum Gasteiger partial charge on any atom is -0.478 e. The molecule has 0 spiro atoms. The van der Waals surface area contributed by atoms with Crippen LogP contribution in [-0.4, -0.2) is 61.4 Å². The lowest BCUT2D eigenvalue weighted by molar-refractivity contribution is -0.132. The van der Waals surface area contributed by atoms with Gasteiger partial charge in [-0.15, -0.1) is 0 Å². The third kappa shape index (κ3) is 14.6. The van der Waals surface area contributed by atoms with Gasteiger partial charge < -0.3 is 22.8 Å². The van der Waals surface area contributed by atoms with Crippen LogP contribution in [0.3, 0.4) is 0 Å². The van der Waals surface area contributed by atoms with Crippen LogP contribution in [0.2, 0.25) is 25.7 Å². The van der Waals surface area contributed by atoms with Crippen molar-refractivity contribution < 1.29 is 32.4 Å². The van der Waals surface area contributed by atoms with E-state index in [0.717, 1.165) is 0 Å². The van der Waals surface area contributed by atoms with Crippen molar-refractivity contribution >= 4 is 28.9 Å². The number of Topliss-reactive ketones (excluding diaryl/α,β-unsaturated/α-hetero) is 1. The van der Waals surface area contributed by atoms with Gasteiger partial charge in [0, 0.05) is 32.4 Å². The molecule has 9 heteroatoms. The van der Waals surface area contributed by atoms with Gasteiger partial charge in [0.1, 0.15) is 6.61 Å². The van der Waals surface area contributed by atoms with Gasteiger partial charge in [0.25, 0.3) is 0 Å². The number of carboxylic acids is 1. The summed E-state index contributed by atoms with van der Waals surface area (Å²) in [4.78, 5) is 21.6. The Hall–Kier alpha value is -1.11. The summed E-state index contributed by atoms with van der Waals surface area (Å²) in [7, 11) is -0.957. The number of rotatable bonds is 12. The molecule has 0 fully saturated rings. The molecule has 0 atom stereocenters. The zero-order valence-electron chi connectivity index (χ0n) is 18.0. The molecule has 158 valence electrons. The maximum Gasteiger partial charge on any atom is 0.500 e. The van der Waals surface area contributed by atoms with E-state index in [1.807, 2.05) is 6.92 Å². The van der Waals surface area contributed by atoms with E-state index in [0.29, 0.717) is 30.2 Å². The van der Waals surface area contributed by atoms with Crippen molar-refractivity contribution in [3.63, 3.8) is 0 Å². The Morgan fingerprint density at radius 3 is 1.93 bits per heavy atom. The van der Waals surface area contributed by atoms with Gasteiger partial charge in [0.15, 0.2) is 14.1 Å². The fourth-order valence-electron chi connectivity index (χ4n) is 1.62. The van der Waals surface area contributed by atoms with Crippen molar-refractivity contribution in [2.45, 2.75) is 52.9 Å². The molecule has 0 saturated heterocycles. The maximum absolute atomic E-state index is 11.2. The quantitative estimate of drug-likeness (QED) is 0.293. The van der Waals surface area contributed by atoms with Crippen molar-refractivity contribution in [2.75, 3.05) is 27.4 Å². The highest BCUT2D eigenvalue weighted by Crippen LogP contribution is 2.13. The Labute approximate surface area is 165 Å². The van der Waals surface area contributed by atoms with Crippen LogP contribution < -0.4 is 0 Å². The lowest BCUT2D eigenvalue weighted by atomic mass is 10.2. The molecule has 0 unspecified atom stereocenters.